The maximum atomic E-state index is 12.5. The number of carbonyl (C=O) groups excluding carboxylic acids is 1. The molecule has 1 aliphatic rings. The number of rotatable bonds is 3. The summed E-state index contributed by atoms with van der Waals surface area (Å²) in [7, 11) is 3.98. The van der Waals surface area contributed by atoms with Gasteiger partial charge in [-0.05, 0) is 18.5 Å². The largest absolute Gasteiger partial charge is 0.351 e. The lowest BCUT2D eigenvalue weighted by molar-refractivity contribution is -0.123. The van der Waals surface area contributed by atoms with E-state index in [1.165, 1.54) is 4.88 Å². The van der Waals surface area contributed by atoms with Crippen LogP contribution < -0.4 is 5.32 Å². The summed E-state index contributed by atoms with van der Waals surface area (Å²) in [6.07, 6.45) is 1.80. The van der Waals surface area contributed by atoms with Gasteiger partial charge in [-0.15, -0.1) is 11.3 Å². The van der Waals surface area contributed by atoms with Crippen LogP contribution >= 0.6 is 11.3 Å². The summed E-state index contributed by atoms with van der Waals surface area (Å²) in [6, 6.07) is 4.03. The highest BCUT2D eigenvalue weighted by molar-refractivity contribution is 7.09. The van der Waals surface area contributed by atoms with Crippen LogP contribution in [0.5, 0.6) is 0 Å². The van der Waals surface area contributed by atoms with Crippen LogP contribution in [0.3, 0.4) is 0 Å². The lowest BCUT2D eigenvalue weighted by Crippen LogP contribution is -2.40. The first-order chi connectivity index (χ1) is 9.65. The molecule has 0 spiro atoms. The lowest BCUT2D eigenvalue weighted by atomic mass is 9.97. The monoisotopic (exact) mass is 290 g/mol. The molecule has 106 valence electrons. The van der Waals surface area contributed by atoms with Gasteiger partial charge in [0.1, 0.15) is 0 Å². The molecule has 5 nitrogen and oxygen atoms in total. The highest BCUT2D eigenvalue weighted by Gasteiger charge is 2.32. The summed E-state index contributed by atoms with van der Waals surface area (Å²) in [5, 5.41) is 5.06. The number of nitrogens with one attached hydrogen (secondary N) is 1. The van der Waals surface area contributed by atoms with E-state index in [4.69, 9.17) is 0 Å². The Morgan fingerprint density at radius 3 is 3.15 bits per heavy atom. The number of carbonyl (C=O) groups is 1. The van der Waals surface area contributed by atoms with Gasteiger partial charge in [0.05, 0.1) is 30.2 Å². The van der Waals surface area contributed by atoms with E-state index in [1.54, 1.807) is 17.7 Å². The molecule has 6 heteroatoms. The normalized spacial score (nSPS) is 18.8. The molecule has 1 amide bonds. The molecule has 2 aromatic rings. The number of hydrogen-bond acceptors (Lipinski definition) is 4. The van der Waals surface area contributed by atoms with E-state index in [-0.39, 0.29) is 11.8 Å². The van der Waals surface area contributed by atoms with Crippen molar-refractivity contribution in [2.45, 2.75) is 19.0 Å². The number of nitrogens with zero attached hydrogens (tertiary/aromatic N) is 3. The third-order valence-corrected chi connectivity index (χ3v) is 4.52. The molecular formula is C14H18N4OS. The third-order valence-electron chi connectivity index (χ3n) is 3.64. The first-order valence-electron chi connectivity index (χ1n) is 6.64. The van der Waals surface area contributed by atoms with Crippen LogP contribution in [0.4, 0.5) is 0 Å². The predicted molar refractivity (Wildman–Crippen MR) is 78.4 cm³/mol. The van der Waals surface area contributed by atoms with Gasteiger partial charge in [-0.3, -0.25) is 9.69 Å². The number of fused-ring (bicyclic) bond motifs is 1. The first-order valence-corrected chi connectivity index (χ1v) is 7.52. The van der Waals surface area contributed by atoms with Crippen molar-refractivity contribution in [1.29, 1.82) is 0 Å². The van der Waals surface area contributed by atoms with Crippen molar-refractivity contribution in [2.75, 3.05) is 13.6 Å². The fraction of sp³-hybridized carbons (Fsp3) is 0.429. The minimum atomic E-state index is -0.142. The minimum Gasteiger partial charge on any atom is -0.351 e. The SMILES string of the molecule is CN1Cc2ncn(C)c2C(C(=O)NCc2cccs2)C1. The predicted octanol–water partition coefficient (Wildman–Crippen LogP) is 1.33. The zero-order valence-corrected chi connectivity index (χ0v) is 12.5. The number of hydrogen-bond donors (Lipinski definition) is 1. The van der Waals surface area contributed by atoms with Crippen LogP contribution in [-0.4, -0.2) is 34.0 Å². The van der Waals surface area contributed by atoms with Crippen molar-refractivity contribution in [3.05, 3.63) is 40.1 Å². The maximum Gasteiger partial charge on any atom is 0.230 e. The Labute approximate surface area is 122 Å². The second-order valence-electron chi connectivity index (χ2n) is 5.23. The summed E-state index contributed by atoms with van der Waals surface area (Å²) in [4.78, 5) is 20.2. The highest BCUT2D eigenvalue weighted by atomic mass is 32.1. The average molecular weight is 290 g/mol. The van der Waals surface area contributed by atoms with Gasteiger partial charge in [-0.1, -0.05) is 6.07 Å². The van der Waals surface area contributed by atoms with Gasteiger partial charge in [0.25, 0.3) is 0 Å². The molecule has 0 fully saturated rings. The van der Waals surface area contributed by atoms with Gasteiger partial charge < -0.3 is 9.88 Å². The molecule has 1 aliphatic heterocycles. The third kappa shape index (κ3) is 2.48. The van der Waals surface area contributed by atoms with Crippen LogP contribution in [0.15, 0.2) is 23.8 Å². The van der Waals surface area contributed by atoms with Crippen LogP contribution in [0.1, 0.15) is 22.2 Å². The molecule has 1 N–H and O–H groups in total. The van der Waals surface area contributed by atoms with Crippen molar-refractivity contribution in [1.82, 2.24) is 19.8 Å². The second-order valence-corrected chi connectivity index (χ2v) is 6.27. The Hall–Kier alpha value is -1.66. The molecule has 0 radical (unpaired) electrons. The molecule has 0 aromatic carbocycles. The zero-order chi connectivity index (χ0) is 14.1. The van der Waals surface area contributed by atoms with E-state index >= 15 is 0 Å². The van der Waals surface area contributed by atoms with Crippen LogP contribution in [0.25, 0.3) is 0 Å². The van der Waals surface area contributed by atoms with Crippen LogP contribution in [0.2, 0.25) is 0 Å². The Bertz CT molecular complexity index is 605. The van der Waals surface area contributed by atoms with E-state index in [9.17, 15) is 4.79 Å². The number of imidazole rings is 1. The summed E-state index contributed by atoms with van der Waals surface area (Å²) >= 11 is 1.66. The van der Waals surface area contributed by atoms with E-state index in [0.29, 0.717) is 6.54 Å². The standard InChI is InChI=1S/C14H18N4OS/c1-17-7-11(13-12(8-17)16-9-18(13)2)14(19)15-6-10-4-3-5-20-10/h3-5,9,11H,6-8H2,1-2H3,(H,15,19). The zero-order valence-electron chi connectivity index (χ0n) is 11.7. The van der Waals surface area contributed by atoms with Crippen LogP contribution in [-0.2, 0) is 24.9 Å². The van der Waals surface area contributed by atoms with Crippen molar-refractivity contribution < 1.29 is 4.79 Å². The van der Waals surface area contributed by atoms with Gasteiger partial charge >= 0.3 is 0 Å². The minimum absolute atomic E-state index is 0.0785. The number of likely N-dealkylation sites (N-methyl/N-ethyl adjacent to an activating group) is 1. The fourth-order valence-electron chi connectivity index (χ4n) is 2.69. The Morgan fingerprint density at radius 1 is 1.55 bits per heavy atom. The summed E-state index contributed by atoms with van der Waals surface area (Å²) in [5.41, 5.74) is 2.06. The molecule has 3 rings (SSSR count). The van der Waals surface area contributed by atoms with Gasteiger partial charge in [-0.25, -0.2) is 4.98 Å². The number of aromatic nitrogens is 2. The molecule has 0 saturated heterocycles. The molecule has 0 bridgehead atoms. The Kier molecular flexibility index (Phi) is 3.58. The maximum absolute atomic E-state index is 12.5. The molecule has 2 aromatic heterocycles. The van der Waals surface area contributed by atoms with E-state index in [0.717, 1.165) is 24.5 Å². The van der Waals surface area contributed by atoms with Crippen molar-refractivity contribution >= 4 is 17.2 Å². The average Bonchev–Trinajstić information content (AvgIpc) is 3.05. The van der Waals surface area contributed by atoms with Crippen LogP contribution in [0, 0.1) is 0 Å². The van der Waals surface area contributed by atoms with E-state index in [1.807, 2.05) is 36.2 Å². The van der Waals surface area contributed by atoms with E-state index < -0.39 is 0 Å². The second kappa shape index (κ2) is 5.38. The molecule has 1 unspecified atom stereocenters. The van der Waals surface area contributed by atoms with Crippen molar-refractivity contribution in [3.63, 3.8) is 0 Å². The van der Waals surface area contributed by atoms with Gasteiger partial charge in [0.15, 0.2) is 0 Å². The molecular weight excluding hydrogens is 272 g/mol. The van der Waals surface area contributed by atoms with Gasteiger partial charge in [0, 0.05) is 25.0 Å². The van der Waals surface area contributed by atoms with E-state index in [2.05, 4.69) is 15.2 Å². The first kappa shape index (κ1) is 13.3. The highest BCUT2D eigenvalue weighted by Crippen LogP contribution is 2.26. The smallest absolute Gasteiger partial charge is 0.230 e. The molecule has 20 heavy (non-hydrogen) atoms. The summed E-state index contributed by atoms with van der Waals surface area (Å²) < 4.78 is 1.97. The molecule has 0 aliphatic carbocycles. The Balaban J connectivity index is 1.75. The quantitative estimate of drug-likeness (QED) is 0.928. The fourth-order valence-corrected chi connectivity index (χ4v) is 3.34. The Morgan fingerprint density at radius 2 is 2.40 bits per heavy atom. The number of amides is 1. The lowest BCUT2D eigenvalue weighted by Gasteiger charge is -2.29. The topological polar surface area (TPSA) is 50.2 Å². The summed E-state index contributed by atoms with van der Waals surface area (Å²) in [5.74, 6) is -0.0639. The molecule has 1 atom stereocenters. The van der Waals surface area contributed by atoms with Gasteiger partial charge in [-0.2, -0.15) is 0 Å². The number of aryl methyl sites for hydroxylation is 1. The summed E-state index contributed by atoms with van der Waals surface area (Å²) in [6.45, 7) is 2.15. The molecule has 0 saturated carbocycles. The van der Waals surface area contributed by atoms with Gasteiger partial charge in [0.2, 0.25) is 5.91 Å². The molecule has 3 heterocycles. The van der Waals surface area contributed by atoms with Crippen molar-refractivity contribution in [3.8, 4) is 0 Å². The van der Waals surface area contributed by atoms with Crippen molar-refractivity contribution in [2.24, 2.45) is 7.05 Å². The number of thiophene rings is 1.